The Kier molecular flexibility index (Phi) is 5.16. The predicted octanol–water partition coefficient (Wildman–Crippen LogP) is 4.37. The van der Waals surface area contributed by atoms with Gasteiger partial charge in [-0.1, -0.05) is 29.8 Å². The van der Waals surface area contributed by atoms with Crippen molar-refractivity contribution in [2.45, 2.75) is 0 Å². The summed E-state index contributed by atoms with van der Waals surface area (Å²) in [5, 5.41) is 4.55. The van der Waals surface area contributed by atoms with Crippen molar-refractivity contribution in [1.29, 1.82) is 0 Å². The average Bonchev–Trinajstić information content (AvgIpc) is 3.10. The summed E-state index contributed by atoms with van der Waals surface area (Å²) < 4.78 is 10.8. The number of rotatable bonds is 5. The molecule has 0 spiro atoms. The van der Waals surface area contributed by atoms with Crippen LogP contribution in [0, 0.1) is 0 Å². The van der Waals surface area contributed by atoms with Gasteiger partial charge >= 0.3 is 0 Å². The topological polar surface area (TPSA) is 63.8 Å². The van der Waals surface area contributed by atoms with E-state index in [1.165, 1.54) is 6.21 Å². The number of carbonyl (C=O) groups excluding carboxylic acids is 1. The number of nitrogens with zero attached hydrogens (tertiary/aromatic N) is 1. The number of halogens is 1. The van der Waals surface area contributed by atoms with Gasteiger partial charge in [-0.3, -0.25) is 4.79 Å². The normalized spacial score (nSPS) is 10.8. The lowest BCUT2D eigenvalue weighted by Crippen LogP contribution is -2.17. The molecule has 0 atom stereocenters. The Balaban J connectivity index is 1.65. The molecular formula is C19H15ClN2O3. The Labute approximate surface area is 149 Å². The molecule has 2 aromatic carbocycles. The van der Waals surface area contributed by atoms with E-state index in [0.717, 1.165) is 5.56 Å². The van der Waals surface area contributed by atoms with Gasteiger partial charge in [0.1, 0.15) is 17.3 Å². The summed E-state index contributed by atoms with van der Waals surface area (Å²) in [6.07, 6.45) is 1.44. The van der Waals surface area contributed by atoms with E-state index in [0.29, 0.717) is 27.9 Å². The van der Waals surface area contributed by atoms with Gasteiger partial charge in [-0.2, -0.15) is 5.10 Å². The molecule has 126 valence electrons. The second kappa shape index (κ2) is 7.68. The van der Waals surface area contributed by atoms with Crippen LogP contribution in [-0.2, 0) is 0 Å². The molecule has 0 aliphatic heterocycles. The van der Waals surface area contributed by atoms with E-state index in [-0.39, 0.29) is 5.91 Å². The minimum absolute atomic E-state index is 0.336. The fraction of sp³-hybridized carbons (Fsp3) is 0.0526. The molecule has 0 radical (unpaired) electrons. The lowest BCUT2D eigenvalue weighted by molar-refractivity contribution is 0.0955. The molecule has 0 fully saturated rings. The number of hydrazone groups is 1. The summed E-state index contributed by atoms with van der Waals surface area (Å²) in [7, 11) is 1.55. The quantitative estimate of drug-likeness (QED) is 0.546. The van der Waals surface area contributed by atoms with Gasteiger partial charge in [-0.15, -0.1) is 0 Å². The number of furan rings is 1. The molecule has 1 amide bonds. The molecule has 3 rings (SSSR count). The van der Waals surface area contributed by atoms with E-state index in [1.54, 1.807) is 43.5 Å². The first-order valence-corrected chi connectivity index (χ1v) is 7.87. The standard InChI is InChI=1S/C19H15ClN2O3/c1-24-16-7-3-5-14(11-16)19(23)22-21-12-17-8-9-18(25-17)13-4-2-6-15(20)10-13/h2-12H,1H3,(H,22,23)/b21-12-. The average molecular weight is 355 g/mol. The first-order chi connectivity index (χ1) is 12.2. The first kappa shape index (κ1) is 16.8. The molecule has 0 aliphatic carbocycles. The van der Waals surface area contributed by atoms with Crippen molar-refractivity contribution < 1.29 is 13.9 Å². The molecule has 3 aromatic rings. The number of nitrogens with one attached hydrogen (secondary N) is 1. The van der Waals surface area contributed by atoms with Crippen molar-refractivity contribution in [2.75, 3.05) is 7.11 Å². The predicted molar refractivity (Wildman–Crippen MR) is 97.2 cm³/mol. The molecule has 5 nitrogen and oxygen atoms in total. The summed E-state index contributed by atoms with van der Waals surface area (Å²) in [5.41, 5.74) is 3.77. The third-order valence-electron chi connectivity index (χ3n) is 3.43. The van der Waals surface area contributed by atoms with E-state index in [2.05, 4.69) is 10.5 Å². The van der Waals surface area contributed by atoms with Crippen molar-refractivity contribution in [3.05, 3.63) is 77.0 Å². The van der Waals surface area contributed by atoms with Gasteiger partial charge in [0, 0.05) is 16.1 Å². The van der Waals surface area contributed by atoms with Gasteiger partial charge < -0.3 is 9.15 Å². The molecule has 1 aromatic heterocycles. The molecule has 0 bridgehead atoms. The zero-order valence-electron chi connectivity index (χ0n) is 13.4. The smallest absolute Gasteiger partial charge is 0.271 e. The van der Waals surface area contributed by atoms with Crippen LogP contribution < -0.4 is 10.2 Å². The number of carbonyl (C=O) groups is 1. The Bertz CT molecular complexity index is 918. The van der Waals surface area contributed by atoms with Gasteiger partial charge in [0.25, 0.3) is 5.91 Å². The molecule has 0 saturated carbocycles. The van der Waals surface area contributed by atoms with E-state index in [4.69, 9.17) is 20.8 Å². The number of hydrogen-bond donors (Lipinski definition) is 1. The highest BCUT2D eigenvalue weighted by Crippen LogP contribution is 2.24. The number of ether oxygens (including phenoxy) is 1. The fourth-order valence-corrected chi connectivity index (χ4v) is 2.39. The Morgan fingerprint density at radius 2 is 2.00 bits per heavy atom. The van der Waals surface area contributed by atoms with Crippen LogP contribution in [0.2, 0.25) is 5.02 Å². The van der Waals surface area contributed by atoms with Crippen LogP contribution in [-0.4, -0.2) is 19.2 Å². The third kappa shape index (κ3) is 4.28. The third-order valence-corrected chi connectivity index (χ3v) is 3.66. The van der Waals surface area contributed by atoms with Crippen LogP contribution in [0.25, 0.3) is 11.3 Å². The minimum atomic E-state index is -0.336. The van der Waals surface area contributed by atoms with E-state index in [9.17, 15) is 4.79 Å². The SMILES string of the molecule is COc1cccc(C(=O)N/N=C\c2ccc(-c3cccc(Cl)c3)o2)c1. The molecule has 1 N–H and O–H groups in total. The second-order valence-corrected chi connectivity index (χ2v) is 5.58. The monoisotopic (exact) mass is 354 g/mol. The van der Waals surface area contributed by atoms with Crippen LogP contribution in [0.3, 0.4) is 0 Å². The maximum atomic E-state index is 12.0. The number of benzene rings is 2. The largest absolute Gasteiger partial charge is 0.497 e. The van der Waals surface area contributed by atoms with Gasteiger partial charge in [-0.05, 0) is 42.5 Å². The molecule has 1 heterocycles. The summed E-state index contributed by atoms with van der Waals surface area (Å²) in [4.78, 5) is 12.0. The molecule has 0 unspecified atom stereocenters. The van der Waals surface area contributed by atoms with E-state index < -0.39 is 0 Å². The summed E-state index contributed by atoms with van der Waals surface area (Å²) in [5.74, 6) is 1.45. The zero-order chi connectivity index (χ0) is 17.6. The van der Waals surface area contributed by atoms with Crippen molar-refractivity contribution >= 4 is 23.7 Å². The highest BCUT2D eigenvalue weighted by atomic mass is 35.5. The maximum Gasteiger partial charge on any atom is 0.271 e. The minimum Gasteiger partial charge on any atom is -0.497 e. The lowest BCUT2D eigenvalue weighted by atomic mass is 10.2. The molecule has 0 saturated heterocycles. The Hall–Kier alpha value is -3.05. The van der Waals surface area contributed by atoms with Crippen LogP contribution >= 0.6 is 11.6 Å². The van der Waals surface area contributed by atoms with E-state index >= 15 is 0 Å². The zero-order valence-corrected chi connectivity index (χ0v) is 14.2. The summed E-state index contributed by atoms with van der Waals surface area (Å²) >= 11 is 5.98. The van der Waals surface area contributed by atoms with E-state index in [1.807, 2.05) is 24.3 Å². The van der Waals surface area contributed by atoms with Crippen molar-refractivity contribution in [3.8, 4) is 17.1 Å². The molecular weight excluding hydrogens is 340 g/mol. The van der Waals surface area contributed by atoms with Crippen LogP contribution in [0.5, 0.6) is 5.75 Å². The van der Waals surface area contributed by atoms with Crippen LogP contribution in [0.15, 0.2) is 70.2 Å². The van der Waals surface area contributed by atoms with Crippen molar-refractivity contribution in [1.82, 2.24) is 5.43 Å². The number of amides is 1. The molecule has 0 aliphatic rings. The van der Waals surface area contributed by atoms with Crippen LogP contribution in [0.1, 0.15) is 16.1 Å². The lowest BCUT2D eigenvalue weighted by Gasteiger charge is -2.02. The van der Waals surface area contributed by atoms with Crippen LogP contribution in [0.4, 0.5) is 0 Å². The highest BCUT2D eigenvalue weighted by molar-refractivity contribution is 6.30. The van der Waals surface area contributed by atoms with Gasteiger partial charge in [-0.25, -0.2) is 5.43 Å². The number of methoxy groups -OCH3 is 1. The summed E-state index contributed by atoms with van der Waals surface area (Å²) in [6, 6.07) is 17.7. The van der Waals surface area contributed by atoms with Gasteiger partial charge in [0.05, 0.1) is 13.3 Å². The second-order valence-electron chi connectivity index (χ2n) is 5.14. The maximum absolute atomic E-state index is 12.0. The Morgan fingerprint density at radius 3 is 2.80 bits per heavy atom. The van der Waals surface area contributed by atoms with Gasteiger partial charge in [0.15, 0.2) is 0 Å². The number of hydrogen-bond acceptors (Lipinski definition) is 4. The molecule has 6 heteroatoms. The fourth-order valence-electron chi connectivity index (χ4n) is 2.20. The van der Waals surface area contributed by atoms with Crippen molar-refractivity contribution in [3.63, 3.8) is 0 Å². The highest BCUT2D eigenvalue weighted by Gasteiger charge is 2.06. The first-order valence-electron chi connectivity index (χ1n) is 7.49. The summed E-state index contributed by atoms with van der Waals surface area (Å²) in [6.45, 7) is 0. The van der Waals surface area contributed by atoms with Crippen molar-refractivity contribution in [2.24, 2.45) is 5.10 Å². The molecule has 25 heavy (non-hydrogen) atoms. The Morgan fingerprint density at radius 1 is 1.16 bits per heavy atom. The van der Waals surface area contributed by atoms with Gasteiger partial charge in [0.2, 0.25) is 0 Å².